The van der Waals surface area contributed by atoms with E-state index in [1.807, 2.05) is 30.3 Å². The van der Waals surface area contributed by atoms with Crippen LogP contribution in [0.5, 0.6) is 0 Å². The molecule has 10 nitrogen and oxygen atoms in total. The molecule has 47 heavy (non-hydrogen) atoms. The number of nitriles is 1. The third-order valence-corrected chi connectivity index (χ3v) is 10.8. The lowest BCUT2D eigenvalue weighted by Gasteiger charge is -2.36. The zero-order valence-corrected chi connectivity index (χ0v) is 26.4. The molecule has 246 valence electrons. The Labute approximate surface area is 270 Å². The van der Waals surface area contributed by atoms with Crippen molar-refractivity contribution in [1.29, 1.82) is 5.26 Å². The van der Waals surface area contributed by atoms with Crippen LogP contribution >= 0.6 is 7.60 Å². The molecule has 3 fully saturated rings. The first-order valence-corrected chi connectivity index (χ1v) is 17.3. The van der Waals surface area contributed by atoms with Crippen molar-refractivity contribution in [2.24, 2.45) is 5.92 Å². The van der Waals surface area contributed by atoms with Gasteiger partial charge in [0.1, 0.15) is 12.1 Å². The van der Waals surface area contributed by atoms with Crippen LogP contribution in [0.1, 0.15) is 65.9 Å². The molecule has 0 aliphatic carbocycles. The molecule has 3 aromatic carbocycles. The summed E-state index contributed by atoms with van der Waals surface area (Å²) in [7, 11) is -5.79. The Morgan fingerprint density at radius 1 is 0.936 bits per heavy atom. The molecule has 0 aromatic heterocycles. The van der Waals surface area contributed by atoms with Crippen LogP contribution in [0.25, 0.3) is 10.8 Å². The molecular formula is C34H35F2N4O6P. The van der Waals surface area contributed by atoms with Crippen molar-refractivity contribution < 1.29 is 37.5 Å². The number of benzene rings is 3. The van der Waals surface area contributed by atoms with Gasteiger partial charge in [0.15, 0.2) is 0 Å². The molecule has 0 saturated carbocycles. The predicted molar refractivity (Wildman–Crippen MR) is 168 cm³/mol. The average molecular weight is 665 g/mol. The number of rotatable bonds is 6. The van der Waals surface area contributed by atoms with Crippen molar-refractivity contribution in [3.63, 3.8) is 0 Å². The summed E-state index contributed by atoms with van der Waals surface area (Å²) in [5.74, 6) is -1.65. The second kappa shape index (κ2) is 12.8. The minimum atomic E-state index is -5.79. The third-order valence-electron chi connectivity index (χ3n) is 9.77. The van der Waals surface area contributed by atoms with Gasteiger partial charge in [-0.05, 0) is 60.2 Å². The quantitative estimate of drug-likeness (QED) is 0.319. The Morgan fingerprint density at radius 3 is 2.38 bits per heavy atom. The summed E-state index contributed by atoms with van der Waals surface area (Å²) in [5, 5.41) is 13.3. The number of carbonyl (C=O) groups is 3. The van der Waals surface area contributed by atoms with Crippen LogP contribution in [-0.2, 0) is 19.8 Å². The van der Waals surface area contributed by atoms with Gasteiger partial charge < -0.3 is 24.9 Å². The van der Waals surface area contributed by atoms with Gasteiger partial charge in [0.05, 0.1) is 12.0 Å². The number of halogens is 2. The summed E-state index contributed by atoms with van der Waals surface area (Å²) < 4.78 is 40.1. The molecule has 3 saturated heterocycles. The second-order valence-corrected chi connectivity index (χ2v) is 14.3. The molecule has 0 unspecified atom stereocenters. The van der Waals surface area contributed by atoms with Gasteiger partial charge in [-0.3, -0.25) is 18.9 Å². The Kier molecular flexibility index (Phi) is 8.92. The van der Waals surface area contributed by atoms with Crippen molar-refractivity contribution in [2.45, 2.75) is 68.2 Å². The van der Waals surface area contributed by atoms with Crippen LogP contribution in [0.15, 0.2) is 66.7 Å². The van der Waals surface area contributed by atoms with E-state index < -0.39 is 36.8 Å². The van der Waals surface area contributed by atoms with Crippen molar-refractivity contribution in [2.75, 3.05) is 13.1 Å². The highest BCUT2D eigenvalue weighted by Crippen LogP contribution is 2.59. The van der Waals surface area contributed by atoms with Crippen LogP contribution in [0.4, 0.5) is 8.78 Å². The fourth-order valence-corrected chi connectivity index (χ4v) is 7.73. The lowest BCUT2D eigenvalue weighted by molar-refractivity contribution is -0.146. The smallest absolute Gasteiger partial charge is 0.340 e. The minimum absolute atomic E-state index is 0.0844. The molecular weight excluding hydrogens is 629 g/mol. The number of nitrogens with one attached hydrogen (secondary N) is 1. The average Bonchev–Trinajstić information content (AvgIpc) is 3.68. The number of hydrogen-bond donors (Lipinski definition) is 3. The molecule has 0 bridgehead atoms. The topological polar surface area (TPSA) is 151 Å². The van der Waals surface area contributed by atoms with Crippen LogP contribution in [0, 0.1) is 17.2 Å². The first kappa shape index (κ1) is 32.8. The van der Waals surface area contributed by atoms with Crippen molar-refractivity contribution >= 4 is 36.1 Å². The second-order valence-electron chi connectivity index (χ2n) is 12.7. The summed E-state index contributed by atoms with van der Waals surface area (Å²) in [6, 6.07) is 17.7. The highest BCUT2D eigenvalue weighted by molar-refractivity contribution is 7.52. The summed E-state index contributed by atoms with van der Waals surface area (Å²) in [6.07, 6.45) is 3.75. The number of alkyl halides is 2. The number of fused-ring (bicyclic) bond motifs is 2. The fraction of sp³-hybridized carbons (Fsp3) is 0.412. The number of likely N-dealkylation sites (tertiary alicyclic amines) is 1. The first-order valence-electron chi connectivity index (χ1n) is 15.7. The number of carbonyl (C=O) groups excluding carboxylic acids is 3. The van der Waals surface area contributed by atoms with E-state index in [-0.39, 0.29) is 47.2 Å². The van der Waals surface area contributed by atoms with Gasteiger partial charge in [-0.25, -0.2) is 0 Å². The van der Waals surface area contributed by atoms with E-state index in [0.717, 1.165) is 30.5 Å². The van der Waals surface area contributed by atoms with Crippen molar-refractivity contribution in [3.05, 3.63) is 83.4 Å². The van der Waals surface area contributed by atoms with Crippen LogP contribution in [0.2, 0.25) is 0 Å². The zero-order valence-electron chi connectivity index (χ0n) is 25.5. The van der Waals surface area contributed by atoms with E-state index >= 15 is 0 Å². The molecule has 3 heterocycles. The molecule has 13 heteroatoms. The van der Waals surface area contributed by atoms with Gasteiger partial charge in [0.2, 0.25) is 11.8 Å². The lowest BCUT2D eigenvalue weighted by atomic mass is 9.90. The van der Waals surface area contributed by atoms with Crippen LogP contribution in [0.3, 0.4) is 0 Å². The van der Waals surface area contributed by atoms with Crippen LogP contribution in [-0.4, -0.2) is 68.5 Å². The normalized spacial score (nSPS) is 25.2. The number of nitrogens with zero attached hydrogens (tertiary/aromatic N) is 3. The molecule has 5 atom stereocenters. The highest BCUT2D eigenvalue weighted by atomic mass is 31.2. The Bertz CT molecular complexity index is 1790. The van der Waals surface area contributed by atoms with E-state index in [1.54, 1.807) is 9.80 Å². The minimum Gasteiger partial charge on any atom is -0.340 e. The Balaban J connectivity index is 1.20. The van der Waals surface area contributed by atoms with Gasteiger partial charge in [0, 0.05) is 36.2 Å². The fourth-order valence-electron chi connectivity index (χ4n) is 7.26. The predicted octanol–water partition coefficient (Wildman–Crippen LogP) is 4.86. The third kappa shape index (κ3) is 6.28. The molecule has 6 rings (SSSR count). The summed E-state index contributed by atoms with van der Waals surface area (Å²) in [6.45, 7) is 0.663. The van der Waals surface area contributed by atoms with Crippen molar-refractivity contribution in [1.82, 2.24) is 15.1 Å². The number of amides is 3. The zero-order chi connectivity index (χ0) is 33.5. The maximum atomic E-state index is 14.4. The summed E-state index contributed by atoms with van der Waals surface area (Å²) in [4.78, 5) is 63.1. The monoisotopic (exact) mass is 664 g/mol. The summed E-state index contributed by atoms with van der Waals surface area (Å²) in [5.41, 5.74) is -4.21. The van der Waals surface area contributed by atoms with E-state index in [9.17, 15) is 33.0 Å². The highest BCUT2D eigenvalue weighted by Gasteiger charge is 2.50. The SMILES string of the molecule is N#C[C@H]1CN(C(=O)[C@@H]2CC[C@@H]3CCCC[C@H](NC(=O)c4ccc5ccc(C(F)(F)P(=O)(O)O)cc5c4)C(=O)N32)C[C@@H]1c1ccccc1. The van der Waals surface area contributed by atoms with E-state index in [2.05, 4.69) is 11.4 Å². The van der Waals surface area contributed by atoms with Crippen LogP contribution < -0.4 is 5.32 Å². The molecule has 0 spiro atoms. The van der Waals surface area contributed by atoms with Gasteiger partial charge in [-0.2, -0.15) is 14.0 Å². The molecule has 3 amide bonds. The molecule has 3 aliphatic heterocycles. The first-order chi connectivity index (χ1) is 22.4. The van der Waals surface area contributed by atoms with Gasteiger partial charge in [-0.1, -0.05) is 61.4 Å². The van der Waals surface area contributed by atoms with E-state index in [4.69, 9.17) is 9.79 Å². The van der Waals surface area contributed by atoms with Gasteiger partial charge in [-0.15, -0.1) is 0 Å². The lowest BCUT2D eigenvalue weighted by Crippen LogP contribution is -2.56. The molecule has 3 N–H and O–H groups in total. The molecule has 3 aliphatic rings. The summed E-state index contributed by atoms with van der Waals surface area (Å²) >= 11 is 0. The maximum Gasteiger partial charge on any atom is 0.399 e. The van der Waals surface area contributed by atoms with E-state index in [0.29, 0.717) is 37.6 Å². The standard InChI is InChI=1S/C34H35F2N4O6P/c35-34(36,47(44,45)46)26-13-12-21-10-11-23(16-24(21)17-26)31(41)38-29-9-5-4-8-27-14-15-30(40(27)32(29)42)33(43)39-19-25(18-37)28(20-39)22-6-2-1-3-7-22/h1-3,6-7,10-13,16-17,25,27-30H,4-5,8-9,14-15,19-20H2,(H,38,41)(H2,44,45,46)/t25-,27-,28+,29-,30-/m0/s1. The Morgan fingerprint density at radius 2 is 1.66 bits per heavy atom. The largest absolute Gasteiger partial charge is 0.399 e. The number of hydrogen-bond acceptors (Lipinski definition) is 5. The van der Waals surface area contributed by atoms with Crippen molar-refractivity contribution in [3.8, 4) is 6.07 Å². The Hall–Kier alpha value is -4.17. The van der Waals surface area contributed by atoms with Gasteiger partial charge in [0.25, 0.3) is 5.91 Å². The van der Waals surface area contributed by atoms with Gasteiger partial charge >= 0.3 is 13.3 Å². The molecule has 0 radical (unpaired) electrons. The van der Waals surface area contributed by atoms with E-state index in [1.165, 1.54) is 24.3 Å². The maximum absolute atomic E-state index is 14.4. The molecule has 3 aromatic rings.